The Balaban J connectivity index is 0.00000176. The molecule has 0 saturated carbocycles. The lowest BCUT2D eigenvalue weighted by Crippen LogP contribution is -2.29. The zero-order chi connectivity index (χ0) is 15.0. The standard InChI is InChI=1S/C16H22N4O.ClH/c1-11-4-3-5-20-15(21)7-14(18-16(11)20)10-19-9-13(8-17)6-12(19)2;/h3-5,7,12-13H,6,8-10,17H2,1-2H3;1H. The summed E-state index contributed by atoms with van der Waals surface area (Å²) in [7, 11) is 0. The summed E-state index contributed by atoms with van der Waals surface area (Å²) in [6.45, 7) is 6.64. The number of likely N-dealkylation sites (tertiary alicyclic amines) is 1. The molecule has 2 N–H and O–H groups in total. The fourth-order valence-corrected chi connectivity index (χ4v) is 3.21. The van der Waals surface area contributed by atoms with Gasteiger partial charge in [0.25, 0.3) is 5.56 Å². The van der Waals surface area contributed by atoms with Gasteiger partial charge in [-0.1, -0.05) is 6.07 Å². The molecule has 0 radical (unpaired) electrons. The Kier molecular flexibility index (Phi) is 5.21. The first-order valence-corrected chi connectivity index (χ1v) is 7.50. The Morgan fingerprint density at radius 2 is 2.23 bits per heavy atom. The van der Waals surface area contributed by atoms with Crippen molar-refractivity contribution in [3.63, 3.8) is 0 Å². The summed E-state index contributed by atoms with van der Waals surface area (Å²) in [5.41, 5.74) is 8.38. The predicted octanol–water partition coefficient (Wildman–Crippen LogP) is 1.59. The molecule has 5 nitrogen and oxygen atoms in total. The lowest BCUT2D eigenvalue weighted by molar-refractivity contribution is 0.253. The van der Waals surface area contributed by atoms with Gasteiger partial charge in [-0.3, -0.25) is 14.1 Å². The highest BCUT2D eigenvalue weighted by Crippen LogP contribution is 2.23. The Morgan fingerprint density at radius 1 is 1.45 bits per heavy atom. The molecule has 0 aromatic carbocycles. The number of pyridine rings is 1. The summed E-state index contributed by atoms with van der Waals surface area (Å²) in [5, 5.41) is 0. The Bertz CT molecular complexity index is 715. The molecular formula is C16H23ClN4O. The van der Waals surface area contributed by atoms with E-state index in [-0.39, 0.29) is 18.0 Å². The third kappa shape index (κ3) is 3.16. The molecule has 1 aliphatic rings. The number of halogens is 1. The van der Waals surface area contributed by atoms with Gasteiger partial charge in [-0.25, -0.2) is 4.98 Å². The van der Waals surface area contributed by atoms with E-state index in [1.165, 1.54) is 0 Å². The van der Waals surface area contributed by atoms with Gasteiger partial charge in [-0.2, -0.15) is 0 Å². The molecule has 6 heteroatoms. The normalized spacial score (nSPS) is 22.0. The topological polar surface area (TPSA) is 63.6 Å². The van der Waals surface area contributed by atoms with Gasteiger partial charge in [-0.15, -0.1) is 12.4 Å². The van der Waals surface area contributed by atoms with Crippen molar-refractivity contribution in [3.8, 4) is 0 Å². The molecule has 1 aliphatic heterocycles. The predicted molar refractivity (Wildman–Crippen MR) is 90.5 cm³/mol. The number of rotatable bonds is 3. The summed E-state index contributed by atoms with van der Waals surface area (Å²) >= 11 is 0. The van der Waals surface area contributed by atoms with Gasteiger partial charge in [0.05, 0.1) is 5.69 Å². The second-order valence-corrected chi connectivity index (χ2v) is 6.09. The largest absolute Gasteiger partial charge is 0.330 e. The van der Waals surface area contributed by atoms with E-state index in [1.807, 2.05) is 19.1 Å². The Morgan fingerprint density at radius 3 is 2.91 bits per heavy atom. The molecule has 3 rings (SSSR count). The number of nitrogens with two attached hydrogens (primary N) is 1. The quantitative estimate of drug-likeness (QED) is 0.932. The van der Waals surface area contributed by atoms with Gasteiger partial charge in [0.15, 0.2) is 0 Å². The molecular weight excluding hydrogens is 300 g/mol. The van der Waals surface area contributed by atoms with Crippen LogP contribution in [-0.2, 0) is 6.54 Å². The number of nitrogens with zero attached hydrogens (tertiary/aromatic N) is 3. The molecule has 0 amide bonds. The van der Waals surface area contributed by atoms with Crippen LogP contribution < -0.4 is 11.3 Å². The highest BCUT2D eigenvalue weighted by atomic mass is 35.5. The number of hydrogen-bond donors (Lipinski definition) is 1. The Hall–Kier alpha value is -1.43. The van der Waals surface area contributed by atoms with E-state index in [1.54, 1.807) is 16.7 Å². The second kappa shape index (κ2) is 6.77. The summed E-state index contributed by atoms with van der Waals surface area (Å²) < 4.78 is 1.61. The van der Waals surface area contributed by atoms with E-state index in [9.17, 15) is 4.79 Å². The lowest BCUT2D eigenvalue weighted by atomic mass is 10.1. The smallest absolute Gasteiger partial charge is 0.258 e. The van der Waals surface area contributed by atoms with Gasteiger partial charge < -0.3 is 5.73 Å². The van der Waals surface area contributed by atoms with Gasteiger partial charge in [0, 0.05) is 31.4 Å². The lowest BCUT2D eigenvalue weighted by Gasteiger charge is -2.20. The van der Waals surface area contributed by atoms with Crippen molar-refractivity contribution in [2.24, 2.45) is 11.7 Å². The number of hydrogen-bond acceptors (Lipinski definition) is 4. The fraction of sp³-hybridized carbons (Fsp3) is 0.500. The summed E-state index contributed by atoms with van der Waals surface area (Å²) in [6, 6.07) is 6.00. The first-order chi connectivity index (χ1) is 10.1. The molecule has 2 unspecified atom stereocenters. The van der Waals surface area contributed by atoms with Crippen LogP contribution in [0.15, 0.2) is 29.2 Å². The molecule has 120 valence electrons. The minimum atomic E-state index is -0.0130. The molecule has 3 heterocycles. The van der Waals surface area contributed by atoms with E-state index in [0.717, 1.165) is 43.0 Å². The first-order valence-electron chi connectivity index (χ1n) is 7.50. The van der Waals surface area contributed by atoms with Crippen molar-refractivity contribution in [1.82, 2.24) is 14.3 Å². The van der Waals surface area contributed by atoms with E-state index in [2.05, 4.69) is 16.8 Å². The number of aromatic nitrogens is 2. The van der Waals surface area contributed by atoms with Crippen LogP contribution in [0.4, 0.5) is 0 Å². The summed E-state index contributed by atoms with van der Waals surface area (Å²) in [5.74, 6) is 0.559. The van der Waals surface area contributed by atoms with Crippen LogP contribution in [0.3, 0.4) is 0 Å². The second-order valence-electron chi connectivity index (χ2n) is 6.09. The number of fused-ring (bicyclic) bond motifs is 1. The minimum absolute atomic E-state index is 0. The molecule has 2 atom stereocenters. The van der Waals surface area contributed by atoms with Crippen molar-refractivity contribution in [2.45, 2.75) is 32.9 Å². The monoisotopic (exact) mass is 322 g/mol. The third-order valence-electron chi connectivity index (χ3n) is 4.43. The zero-order valence-corrected chi connectivity index (χ0v) is 13.8. The third-order valence-corrected chi connectivity index (χ3v) is 4.43. The van der Waals surface area contributed by atoms with Gasteiger partial charge in [-0.05, 0) is 44.4 Å². The highest BCUT2D eigenvalue weighted by Gasteiger charge is 2.28. The molecule has 22 heavy (non-hydrogen) atoms. The zero-order valence-electron chi connectivity index (χ0n) is 13.0. The van der Waals surface area contributed by atoms with Crippen LogP contribution in [0.5, 0.6) is 0 Å². The minimum Gasteiger partial charge on any atom is -0.330 e. The number of aryl methyl sites for hydroxylation is 1. The van der Waals surface area contributed by atoms with Crippen LogP contribution >= 0.6 is 12.4 Å². The van der Waals surface area contributed by atoms with E-state index in [4.69, 9.17) is 5.73 Å². The first kappa shape index (κ1) is 16.9. The maximum atomic E-state index is 12.2. The molecule has 2 aromatic heterocycles. The van der Waals surface area contributed by atoms with Crippen LogP contribution in [0.2, 0.25) is 0 Å². The van der Waals surface area contributed by atoms with E-state index >= 15 is 0 Å². The van der Waals surface area contributed by atoms with Crippen molar-refractivity contribution >= 4 is 18.1 Å². The molecule has 1 fully saturated rings. The summed E-state index contributed by atoms with van der Waals surface area (Å²) in [6.07, 6.45) is 2.90. The molecule has 1 saturated heterocycles. The molecule has 0 bridgehead atoms. The van der Waals surface area contributed by atoms with E-state index in [0.29, 0.717) is 12.0 Å². The highest BCUT2D eigenvalue weighted by molar-refractivity contribution is 5.85. The van der Waals surface area contributed by atoms with Crippen molar-refractivity contribution in [2.75, 3.05) is 13.1 Å². The van der Waals surface area contributed by atoms with Gasteiger partial charge in [0.2, 0.25) is 0 Å². The SMILES string of the molecule is Cc1cccn2c(=O)cc(CN3CC(CN)CC3C)nc12.Cl. The average Bonchev–Trinajstić information content (AvgIpc) is 2.81. The Labute approximate surface area is 136 Å². The van der Waals surface area contributed by atoms with Crippen LogP contribution in [0.1, 0.15) is 24.6 Å². The molecule has 0 spiro atoms. The van der Waals surface area contributed by atoms with Crippen molar-refractivity contribution in [1.29, 1.82) is 0 Å². The maximum Gasteiger partial charge on any atom is 0.258 e. The van der Waals surface area contributed by atoms with Crippen molar-refractivity contribution in [3.05, 3.63) is 46.0 Å². The van der Waals surface area contributed by atoms with Gasteiger partial charge in [0.1, 0.15) is 5.65 Å². The van der Waals surface area contributed by atoms with Crippen LogP contribution in [0.25, 0.3) is 5.65 Å². The van der Waals surface area contributed by atoms with Crippen LogP contribution in [0, 0.1) is 12.8 Å². The summed E-state index contributed by atoms with van der Waals surface area (Å²) in [4.78, 5) is 19.3. The van der Waals surface area contributed by atoms with Gasteiger partial charge >= 0.3 is 0 Å². The fourth-order valence-electron chi connectivity index (χ4n) is 3.21. The molecule has 0 aliphatic carbocycles. The van der Waals surface area contributed by atoms with E-state index < -0.39 is 0 Å². The maximum absolute atomic E-state index is 12.2. The average molecular weight is 323 g/mol. The van der Waals surface area contributed by atoms with Crippen LogP contribution in [-0.4, -0.2) is 33.4 Å². The van der Waals surface area contributed by atoms with Crippen molar-refractivity contribution < 1.29 is 0 Å². The molecule has 2 aromatic rings.